The number of benzene rings is 1. The number of methoxy groups -OCH3 is 1. The third-order valence-electron chi connectivity index (χ3n) is 5.43. The monoisotopic (exact) mass is 439 g/mol. The van der Waals surface area contributed by atoms with Gasteiger partial charge >= 0.3 is 0 Å². The second-order valence-electron chi connectivity index (χ2n) is 8.30. The number of nitrogens with one attached hydrogen (secondary N) is 2. The van der Waals surface area contributed by atoms with Crippen molar-refractivity contribution in [2.24, 2.45) is 10.4 Å². The normalized spacial score (nSPS) is 18.8. The van der Waals surface area contributed by atoms with Crippen molar-refractivity contribution in [2.45, 2.75) is 45.1 Å². The maximum absolute atomic E-state index is 5.64. The van der Waals surface area contributed by atoms with Crippen molar-refractivity contribution in [3.8, 4) is 0 Å². The smallest absolute Gasteiger partial charge is 0.191 e. The summed E-state index contributed by atoms with van der Waals surface area (Å²) in [5.74, 6) is 0.810. The molecule has 2 rings (SSSR count). The van der Waals surface area contributed by atoms with Gasteiger partial charge in [0.1, 0.15) is 0 Å². The molecule has 1 aliphatic heterocycles. The van der Waals surface area contributed by atoms with Crippen LogP contribution in [0.2, 0.25) is 0 Å². The van der Waals surface area contributed by atoms with Gasteiger partial charge in [0.2, 0.25) is 0 Å². The molecule has 0 saturated carbocycles. The molecule has 1 unspecified atom stereocenters. The summed E-state index contributed by atoms with van der Waals surface area (Å²) in [6.45, 7) is 9.68. The van der Waals surface area contributed by atoms with E-state index in [9.17, 15) is 0 Å². The summed E-state index contributed by atoms with van der Waals surface area (Å²) in [5, 5.41) is 6.96. The molecular formula is C21H34BrN3O2. The third-order valence-corrected chi connectivity index (χ3v) is 5.96. The minimum atomic E-state index is 0.0568. The van der Waals surface area contributed by atoms with Crippen LogP contribution in [0, 0.1) is 5.41 Å². The average molecular weight is 440 g/mol. The van der Waals surface area contributed by atoms with Gasteiger partial charge in [-0.05, 0) is 36.0 Å². The van der Waals surface area contributed by atoms with E-state index in [1.165, 1.54) is 5.56 Å². The van der Waals surface area contributed by atoms with Crippen LogP contribution in [-0.2, 0) is 14.9 Å². The van der Waals surface area contributed by atoms with Crippen LogP contribution in [-0.4, -0.2) is 52.5 Å². The number of guanidine groups is 1. The lowest BCUT2D eigenvalue weighted by Gasteiger charge is -2.38. The molecule has 2 N–H and O–H groups in total. The number of hydrogen-bond acceptors (Lipinski definition) is 3. The van der Waals surface area contributed by atoms with Crippen LogP contribution in [0.25, 0.3) is 0 Å². The zero-order chi connectivity index (χ0) is 19.9. The Labute approximate surface area is 172 Å². The Bertz CT molecular complexity index is 605. The number of nitrogens with zero attached hydrogens (tertiary/aromatic N) is 1. The van der Waals surface area contributed by atoms with Crippen molar-refractivity contribution < 1.29 is 9.47 Å². The van der Waals surface area contributed by atoms with E-state index in [0.29, 0.717) is 6.54 Å². The Morgan fingerprint density at radius 2 is 1.85 bits per heavy atom. The molecule has 1 aliphatic rings. The molecule has 27 heavy (non-hydrogen) atoms. The van der Waals surface area contributed by atoms with Gasteiger partial charge < -0.3 is 20.1 Å². The summed E-state index contributed by atoms with van der Waals surface area (Å²) in [6.07, 6.45) is 2.11. The molecule has 1 saturated heterocycles. The van der Waals surface area contributed by atoms with Gasteiger partial charge in [0, 0.05) is 50.3 Å². The van der Waals surface area contributed by atoms with Crippen molar-refractivity contribution in [1.82, 2.24) is 10.6 Å². The van der Waals surface area contributed by atoms with Crippen LogP contribution in [0.3, 0.4) is 0 Å². The summed E-state index contributed by atoms with van der Waals surface area (Å²) in [7, 11) is 3.57. The van der Waals surface area contributed by atoms with E-state index in [1.54, 1.807) is 7.11 Å². The predicted molar refractivity (Wildman–Crippen MR) is 115 cm³/mol. The van der Waals surface area contributed by atoms with Crippen LogP contribution < -0.4 is 10.6 Å². The Balaban J connectivity index is 2.04. The molecule has 0 spiro atoms. The number of aliphatic imine (C=N–C) groups is 1. The Morgan fingerprint density at radius 3 is 2.37 bits per heavy atom. The van der Waals surface area contributed by atoms with Crippen molar-refractivity contribution in [1.29, 1.82) is 0 Å². The second kappa shape index (κ2) is 9.89. The molecule has 5 nitrogen and oxygen atoms in total. The zero-order valence-electron chi connectivity index (χ0n) is 17.3. The number of ether oxygens (including phenoxy) is 2. The largest absolute Gasteiger partial charge is 0.381 e. The van der Waals surface area contributed by atoms with E-state index in [4.69, 9.17) is 9.47 Å². The van der Waals surface area contributed by atoms with Crippen LogP contribution in [0.1, 0.15) is 39.2 Å². The lowest BCUT2D eigenvalue weighted by molar-refractivity contribution is 0.0204. The zero-order valence-corrected chi connectivity index (χ0v) is 18.9. The molecule has 152 valence electrons. The van der Waals surface area contributed by atoms with Crippen LogP contribution >= 0.6 is 15.9 Å². The molecule has 0 aromatic heterocycles. The molecule has 0 radical (unpaired) electrons. The first-order chi connectivity index (χ1) is 12.8. The summed E-state index contributed by atoms with van der Waals surface area (Å²) in [5.41, 5.74) is 1.47. The number of hydrogen-bond donors (Lipinski definition) is 2. The minimum absolute atomic E-state index is 0.0568. The van der Waals surface area contributed by atoms with Gasteiger partial charge in [-0.15, -0.1) is 0 Å². The van der Waals surface area contributed by atoms with Gasteiger partial charge in [-0.25, -0.2) is 0 Å². The lowest BCUT2D eigenvalue weighted by atomic mass is 9.74. The minimum Gasteiger partial charge on any atom is -0.381 e. The summed E-state index contributed by atoms with van der Waals surface area (Å²) in [4.78, 5) is 4.40. The van der Waals surface area contributed by atoms with E-state index < -0.39 is 0 Å². The van der Waals surface area contributed by atoms with Crippen molar-refractivity contribution in [2.75, 3.05) is 40.5 Å². The van der Waals surface area contributed by atoms with Gasteiger partial charge in [-0.1, -0.05) is 48.8 Å². The summed E-state index contributed by atoms with van der Waals surface area (Å²) < 4.78 is 12.4. The Morgan fingerprint density at radius 1 is 1.22 bits per heavy atom. The predicted octanol–water partition coefficient (Wildman–Crippen LogP) is 3.72. The highest BCUT2D eigenvalue weighted by molar-refractivity contribution is 9.10. The molecule has 1 aromatic rings. The van der Waals surface area contributed by atoms with Crippen molar-refractivity contribution in [3.63, 3.8) is 0 Å². The highest BCUT2D eigenvalue weighted by Gasteiger charge is 2.34. The molecule has 6 heteroatoms. The molecule has 0 aliphatic carbocycles. The van der Waals surface area contributed by atoms with E-state index in [2.05, 4.69) is 76.6 Å². The lowest BCUT2D eigenvalue weighted by Crippen LogP contribution is -2.50. The highest BCUT2D eigenvalue weighted by atomic mass is 79.9. The van der Waals surface area contributed by atoms with Gasteiger partial charge in [-0.2, -0.15) is 0 Å². The fraction of sp³-hybridized carbons (Fsp3) is 0.667. The highest BCUT2D eigenvalue weighted by Crippen LogP contribution is 2.35. The molecule has 1 heterocycles. The van der Waals surface area contributed by atoms with Crippen LogP contribution in [0.4, 0.5) is 0 Å². The van der Waals surface area contributed by atoms with Gasteiger partial charge in [0.25, 0.3) is 0 Å². The Kier molecular flexibility index (Phi) is 8.13. The van der Waals surface area contributed by atoms with Crippen LogP contribution in [0.5, 0.6) is 0 Å². The fourth-order valence-electron chi connectivity index (χ4n) is 3.54. The molecule has 1 atom stereocenters. The first-order valence-corrected chi connectivity index (χ1v) is 10.4. The van der Waals surface area contributed by atoms with Crippen molar-refractivity contribution in [3.05, 3.63) is 34.3 Å². The molecule has 0 bridgehead atoms. The second-order valence-corrected chi connectivity index (χ2v) is 9.21. The van der Waals surface area contributed by atoms with E-state index >= 15 is 0 Å². The van der Waals surface area contributed by atoms with Gasteiger partial charge in [0.05, 0.1) is 6.10 Å². The molecular weight excluding hydrogens is 406 g/mol. The first kappa shape index (κ1) is 22.2. The fourth-order valence-corrected chi connectivity index (χ4v) is 3.80. The molecule has 0 amide bonds. The third kappa shape index (κ3) is 6.19. The van der Waals surface area contributed by atoms with Gasteiger partial charge in [-0.3, -0.25) is 4.99 Å². The van der Waals surface area contributed by atoms with E-state index in [-0.39, 0.29) is 16.9 Å². The molecule has 1 fully saturated rings. The SMILES string of the molecule is CN=C(NCC(OC)C(C)(C)C)NCC1(c2ccc(Br)cc2)CCOCC1. The number of halogens is 1. The van der Waals surface area contributed by atoms with Crippen LogP contribution in [0.15, 0.2) is 33.7 Å². The van der Waals surface area contributed by atoms with Crippen molar-refractivity contribution >= 4 is 21.9 Å². The summed E-state index contributed by atoms with van der Waals surface area (Å²) in [6, 6.07) is 8.67. The maximum atomic E-state index is 5.64. The number of rotatable bonds is 6. The maximum Gasteiger partial charge on any atom is 0.191 e. The quantitative estimate of drug-likeness (QED) is 0.523. The Hall–Kier alpha value is -1.11. The van der Waals surface area contributed by atoms with E-state index in [1.807, 2.05) is 7.05 Å². The first-order valence-electron chi connectivity index (χ1n) is 9.62. The standard InChI is InChI=1S/C21H34BrN3O2/c1-20(2,3)18(26-5)14-24-19(23-4)25-15-21(10-12-27-13-11-21)16-6-8-17(22)9-7-16/h6-9,18H,10-15H2,1-5H3,(H2,23,24,25). The van der Waals surface area contributed by atoms with E-state index in [0.717, 1.165) is 43.0 Å². The van der Waals surface area contributed by atoms with Gasteiger partial charge in [0.15, 0.2) is 5.96 Å². The average Bonchev–Trinajstić information content (AvgIpc) is 2.65. The molecule has 1 aromatic carbocycles. The topological polar surface area (TPSA) is 54.9 Å². The summed E-state index contributed by atoms with van der Waals surface area (Å²) >= 11 is 3.54.